The van der Waals surface area contributed by atoms with E-state index in [-0.39, 0.29) is 29.9 Å². The summed E-state index contributed by atoms with van der Waals surface area (Å²) < 4.78 is 28.2. The van der Waals surface area contributed by atoms with Gasteiger partial charge in [-0.25, -0.2) is 19.3 Å². The Labute approximate surface area is 209 Å². The molecule has 0 radical (unpaired) electrons. The number of carbonyl (C=O) groups is 1. The van der Waals surface area contributed by atoms with Gasteiger partial charge in [0.05, 0.1) is 35.9 Å². The third-order valence-electron chi connectivity index (χ3n) is 6.77. The number of hydrogen-bond donors (Lipinski definition) is 1. The van der Waals surface area contributed by atoms with Crippen molar-refractivity contribution in [3.63, 3.8) is 0 Å². The Kier molecular flexibility index (Phi) is 6.72. The monoisotopic (exact) mass is 494 g/mol. The fourth-order valence-corrected chi connectivity index (χ4v) is 5.13. The molecule has 1 amide bonds. The average molecular weight is 495 g/mol. The Bertz CT molecular complexity index is 1260. The summed E-state index contributed by atoms with van der Waals surface area (Å²) in [5.74, 6) is 0.457. The maximum atomic E-state index is 15.0. The van der Waals surface area contributed by atoms with Gasteiger partial charge in [0.2, 0.25) is 0 Å². The SMILES string of the molecule is Cc1ncc(-c2nc(-c3ccc(C(=O)N4CC(C)OC(C)C4)c(N)c3)ncc2F)n1C1CCOCC1. The highest BCUT2D eigenvalue weighted by Crippen LogP contribution is 2.32. The smallest absolute Gasteiger partial charge is 0.256 e. The third-order valence-corrected chi connectivity index (χ3v) is 6.77. The normalized spacial score (nSPS) is 21.1. The van der Waals surface area contributed by atoms with E-state index in [2.05, 4.69) is 15.0 Å². The average Bonchev–Trinajstić information content (AvgIpc) is 3.25. The number of nitrogens with two attached hydrogens (primary N) is 1. The maximum absolute atomic E-state index is 15.0. The number of aromatic nitrogens is 4. The van der Waals surface area contributed by atoms with Crippen molar-refractivity contribution in [3.8, 4) is 22.8 Å². The molecule has 1 aromatic carbocycles. The van der Waals surface area contributed by atoms with E-state index in [9.17, 15) is 9.18 Å². The van der Waals surface area contributed by atoms with Gasteiger partial charge in [-0.2, -0.15) is 0 Å². The molecule has 2 unspecified atom stereocenters. The minimum Gasteiger partial charge on any atom is -0.398 e. The lowest BCUT2D eigenvalue weighted by atomic mass is 10.1. The van der Waals surface area contributed by atoms with Gasteiger partial charge in [-0.1, -0.05) is 6.07 Å². The number of amides is 1. The van der Waals surface area contributed by atoms with E-state index >= 15 is 0 Å². The highest BCUT2D eigenvalue weighted by Gasteiger charge is 2.28. The molecular weight excluding hydrogens is 463 g/mol. The van der Waals surface area contributed by atoms with Gasteiger partial charge in [-0.05, 0) is 45.7 Å². The van der Waals surface area contributed by atoms with E-state index in [0.717, 1.165) is 18.7 Å². The van der Waals surface area contributed by atoms with Crippen LogP contribution in [0.3, 0.4) is 0 Å². The van der Waals surface area contributed by atoms with Crippen LogP contribution in [-0.2, 0) is 9.47 Å². The lowest BCUT2D eigenvalue weighted by Gasteiger charge is -2.35. The summed E-state index contributed by atoms with van der Waals surface area (Å²) in [6, 6.07) is 5.26. The van der Waals surface area contributed by atoms with Crippen LogP contribution in [0.25, 0.3) is 22.8 Å². The Hall–Kier alpha value is -3.37. The van der Waals surface area contributed by atoms with E-state index in [1.165, 1.54) is 6.20 Å². The second-order valence-corrected chi connectivity index (χ2v) is 9.56. The molecule has 190 valence electrons. The largest absolute Gasteiger partial charge is 0.398 e. The molecule has 4 heterocycles. The molecule has 10 heteroatoms. The number of hydrogen-bond acceptors (Lipinski definition) is 7. The zero-order chi connectivity index (χ0) is 25.4. The van der Waals surface area contributed by atoms with Crippen molar-refractivity contribution in [2.45, 2.75) is 51.9 Å². The first-order valence-corrected chi connectivity index (χ1v) is 12.3. The first kappa shape index (κ1) is 24.3. The summed E-state index contributed by atoms with van der Waals surface area (Å²) in [7, 11) is 0. The number of aryl methyl sites for hydroxylation is 1. The zero-order valence-electron chi connectivity index (χ0n) is 20.8. The van der Waals surface area contributed by atoms with Gasteiger partial charge in [0.15, 0.2) is 11.6 Å². The molecule has 2 N–H and O–H groups in total. The van der Waals surface area contributed by atoms with Crippen molar-refractivity contribution >= 4 is 11.6 Å². The molecule has 0 aliphatic carbocycles. The fraction of sp³-hybridized carbons (Fsp3) is 0.462. The topological polar surface area (TPSA) is 108 Å². The predicted molar refractivity (Wildman–Crippen MR) is 133 cm³/mol. The maximum Gasteiger partial charge on any atom is 0.256 e. The van der Waals surface area contributed by atoms with Crippen LogP contribution in [0.5, 0.6) is 0 Å². The summed E-state index contributed by atoms with van der Waals surface area (Å²) >= 11 is 0. The highest BCUT2D eigenvalue weighted by atomic mass is 19.1. The van der Waals surface area contributed by atoms with Gasteiger partial charge >= 0.3 is 0 Å². The van der Waals surface area contributed by atoms with Crippen LogP contribution in [0.15, 0.2) is 30.6 Å². The van der Waals surface area contributed by atoms with E-state index < -0.39 is 5.82 Å². The quantitative estimate of drug-likeness (QED) is 0.552. The number of rotatable bonds is 4. The Morgan fingerprint density at radius 3 is 2.53 bits per heavy atom. The molecule has 2 aliphatic heterocycles. The molecule has 9 nitrogen and oxygen atoms in total. The van der Waals surface area contributed by atoms with Crippen molar-refractivity contribution in [2.75, 3.05) is 32.0 Å². The van der Waals surface area contributed by atoms with Gasteiger partial charge in [-0.15, -0.1) is 0 Å². The number of halogens is 1. The fourth-order valence-electron chi connectivity index (χ4n) is 5.13. The molecule has 2 aromatic heterocycles. The molecule has 2 atom stereocenters. The molecule has 5 rings (SSSR count). The Morgan fingerprint density at radius 2 is 1.83 bits per heavy atom. The second-order valence-electron chi connectivity index (χ2n) is 9.56. The van der Waals surface area contributed by atoms with E-state index in [4.69, 9.17) is 15.2 Å². The Morgan fingerprint density at radius 1 is 1.11 bits per heavy atom. The van der Waals surface area contributed by atoms with Gasteiger partial charge in [0.25, 0.3) is 5.91 Å². The Balaban J connectivity index is 1.45. The number of benzene rings is 1. The number of nitrogen functional groups attached to an aromatic ring is 1. The molecule has 36 heavy (non-hydrogen) atoms. The summed E-state index contributed by atoms with van der Waals surface area (Å²) in [4.78, 5) is 28.1. The number of nitrogens with zero attached hydrogens (tertiary/aromatic N) is 5. The summed E-state index contributed by atoms with van der Waals surface area (Å²) in [5.41, 5.74) is 8.43. The van der Waals surface area contributed by atoms with Crippen molar-refractivity contribution < 1.29 is 18.7 Å². The molecule has 0 saturated carbocycles. The van der Waals surface area contributed by atoms with Gasteiger partial charge in [0.1, 0.15) is 11.5 Å². The molecular formula is C26H31FN6O3. The first-order chi connectivity index (χ1) is 17.3. The van der Waals surface area contributed by atoms with Gasteiger partial charge < -0.3 is 24.7 Å². The lowest BCUT2D eigenvalue weighted by Crippen LogP contribution is -2.48. The highest BCUT2D eigenvalue weighted by molar-refractivity contribution is 6.00. The van der Waals surface area contributed by atoms with E-state index in [0.29, 0.717) is 54.6 Å². The minimum absolute atomic E-state index is 0.0394. The number of morpholine rings is 1. The molecule has 2 saturated heterocycles. The van der Waals surface area contributed by atoms with Crippen LogP contribution in [0.4, 0.5) is 10.1 Å². The van der Waals surface area contributed by atoms with Crippen LogP contribution in [-0.4, -0.2) is 68.8 Å². The zero-order valence-corrected chi connectivity index (χ0v) is 20.8. The van der Waals surface area contributed by atoms with Crippen molar-refractivity contribution in [1.29, 1.82) is 0 Å². The van der Waals surface area contributed by atoms with Crippen LogP contribution >= 0.6 is 0 Å². The lowest BCUT2D eigenvalue weighted by molar-refractivity contribution is -0.0585. The summed E-state index contributed by atoms with van der Waals surface area (Å²) in [6.45, 7) is 8.13. The van der Waals surface area contributed by atoms with Crippen molar-refractivity contribution in [2.24, 2.45) is 0 Å². The van der Waals surface area contributed by atoms with Crippen LogP contribution in [0, 0.1) is 12.7 Å². The standard InChI is InChI=1S/C26H31FN6O3/c1-15-13-32(14-16(2)36-15)26(34)20-5-4-18(10-22(20)28)25-30-11-21(27)24(31-25)23-12-29-17(3)33(23)19-6-8-35-9-7-19/h4-5,10-12,15-16,19H,6-9,13-14,28H2,1-3H3. The van der Waals surface area contributed by atoms with E-state index in [1.807, 2.05) is 25.3 Å². The van der Waals surface area contributed by atoms with Crippen LogP contribution in [0.2, 0.25) is 0 Å². The van der Waals surface area contributed by atoms with Gasteiger partial charge in [0, 0.05) is 43.6 Å². The van der Waals surface area contributed by atoms with Crippen LogP contribution < -0.4 is 5.73 Å². The number of ether oxygens (including phenoxy) is 2. The molecule has 0 spiro atoms. The molecule has 2 fully saturated rings. The molecule has 3 aromatic rings. The predicted octanol–water partition coefficient (Wildman–Crippen LogP) is 3.64. The number of imidazole rings is 1. The van der Waals surface area contributed by atoms with Crippen molar-refractivity contribution in [3.05, 3.63) is 47.8 Å². The summed E-state index contributed by atoms with van der Waals surface area (Å²) in [6.07, 6.45) is 4.40. The molecule has 2 aliphatic rings. The molecule has 0 bridgehead atoms. The minimum atomic E-state index is -0.526. The second kappa shape index (κ2) is 9.94. The van der Waals surface area contributed by atoms with Crippen molar-refractivity contribution in [1.82, 2.24) is 24.4 Å². The van der Waals surface area contributed by atoms with Crippen LogP contribution in [0.1, 0.15) is 48.9 Å². The first-order valence-electron chi connectivity index (χ1n) is 12.3. The number of anilines is 1. The van der Waals surface area contributed by atoms with E-state index in [1.54, 1.807) is 29.3 Å². The third kappa shape index (κ3) is 4.70. The number of carbonyl (C=O) groups excluding carboxylic acids is 1. The van der Waals surface area contributed by atoms with Gasteiger partial charge in [-0.3, -0.25) is 4.79 Å². The summed E-state index contributed by atoms with van der Waals surface area (Å²) in [5, 5.41) is 0.